The van der Waals surface area contributed by atoms with E-state index in [2.05, 4.69) is 24.1 Å². The monoisotopic (exact) mass is 244 g/mol. The molecule has 2 aromatic rings. The normalized spacial score (nSPS) is 17.7. The standard InChI is InChI=1S/C15H20N2O/c1-17(11-15(10-16)7-4-8-15)13-9-18-14-6-3-2-5-12(13)14/h2-3,5-6,9H,4,7-8,10-11,16H2,1H3. The van der Waals surface area contributed by atoms with Gasteiger partial charge in [-0.15, -0.1) is 0 Å². The van der Waals surface area contributed by atoms with Crippen molar-refractivity contribution in [2.24, 2.45) is 11.1 Å². The van der Waals surface area contributed by atoms with Crippen LogP contribution in [-0.2, 0) is 0 Å². The van der Waals surface area contributed by atoms with Gasteiger partial charge in [-0.1, -0.05) is 18.6 Å². The average molecular weight is 244 g/mol. The summed E-state index contributed by atoms with van der Waals surface area (Å²) < 4.78 is 5.60. The van der Waals surface area contributed by atoms with Crippen molar-refractivity contribution < 1.29 is 4.42 Å². The van der Waals surface area contributed by atoms with Crippen LogP contribution in [0.3, 0.4) is 0 Å². The summed E-state index contributed by atoms with van der Waals surface area (Å²) in [6, 6.07) is 8.18. The molecule has 2 N–H and O–H groups in total. The van der Waals surface area contributed by atoms with Crippen molar-refractivity contribution in [2.45, 2.75) is 19.3 Å². The summed E-state index contributed by atoms with van der Waals surface area (Å²) in [4.78, 5) is 2.29. The highest BCUT2D eigenvalue weighted by molar-refractivity contribution is 5.90. The lowest BCUT2D eigenvalue weighted by Gasteiger charge is -2.43. The molecule has 1 aromatic carbocycles. The molecule has 0 aliphatic heterocycles. The zero-order valence-electron chi connectivity index (χ0n) is 10.9. The van der Waals surface area contributed by atoms with Gasteiger partial charge >= 0.3 is 0 Å². The maximum absolute atomic E-state index is 5.93. The van der Waals surface area contributed by atoms with E-state index < -0.39 is 0 Å². The quantitative estimate of drug-likeness (QED) is 0.899. The third-order valence-electron chi connectivity index (χ3n) is 4.29. The molecule has 1 aliphatic carbocycles. The van der Waals surface area contributed by atoms with Crippen LogP contribution in [0.1, 0.15) is 19.3 Å². The molecule has 0 amide bonds. The molecular formula is C15H20N2O. The number of para-hydroxylation sites is 1. The van der Waals surface area contributed by atoms with Gasteiger partial charge in [-0.05, 0) is 31.5 Å². The fraction of sp³-hybridized carbons (Fsp3) is 0.467. The Balaban J connectivity index is 1.85. The molecule has 3 nitrogen and oxygen atoms in total. The fourth-order valence-electron chi connectivity index (χ4n) is 2.95. The first kappa shape index (κ1) is 11.6. The third kappa shape index (κ3) is 1.79. The van der Waals surface area contributed by atoms with Crippen LogP contribution < -0.4 is 10.6 Å². The summed E-state index contributed by atoms with van der Waals surface area (Å²) in [5.74, 6) is 0. The highest BCUT2D eigenvalue weighted by atomic mass is 16.3. The first-order chi connectivity index (χ1) is 8.74. The number of fused-ring (bicyclic) bond motifs is 1. The Morgan fingerprint density at radius 3 is 2.78 bits per heavy atom. The largest absolute Gasteiger partial charge is 0.462 e. The van der Waals surface area contributed by atoms with E-state index in [4.69, 9.17) is 10.2 Å². The Bertz CT molecular complexity index is 537. The molecular weight excluding hydrogens is 224 g/mol. The van der Waals surface area contributed by atoms with Crippen molar-refractivity contribution >= 4 is 16.7 Å². The number of rotatable bonds is 4. The molecule has 1 fully saturated rings. The third-order valence-corrected chi connectivity index (χ3v) is 4.29. The maximum Gasteiger partial charge on any atom is 0.136 e. The van der Waals surface area contributed by atoms with E-state index in [0.717, 1.165) is 18.7 Å². The highest BCUT2D eigenvalue weighted by Gasteiger charge is 2.36. The second-order valence-electron chi connectivity index (χ2n) is 5.53. The van der Waals surface area contributed by atoms with E-state index in [-0.39, 0.29) is 0 Å². The minimum absolute atomic E-state index is 0.327. The number of furan rings is 1. The van der Waals surface area contributed by atoms with Crippen molar-refractivity contribution in [1.29, 1.82) is 0 Å². The fourth-order valence-corrected chi connectivity index (χ4v) is 2.95. The maximum atomic E-state index is 5.93. The van der Waals surface area contributed by atoms with Crippen LogP contribution in [0.4, 0.5) is 5.69 Å². The van der Waals surface area contributed by atoms with Gasteiger partial charge in [0.15, 0.2) is 0 Å². The molecule has 3 rings (SSSR count). The van der Waals surface area contributed by atoms with Gasteiger partial charge in [-0.2, -0.15) is 0 Å². The van der Waals surface area contributed by atoms with E-state index in [1.807, 2.05) is 18.4 Å². The first-order valence-corrected chi connectivity index (χ1v) is 6.62. The zero-order chi connectivity index (χ0) is 12.6. The van der Waals surface area contributed by atoms with Gasteiger partial charge in [0.2, 0.25) is 0 Å². The molecule has 3 heteroatoms. The van der Waals surface area contributed by atoms with Gasteiger partial charge < -0.3 is 15.1 Å². The van der Waals surface area contributed by atoms with Gasteiger partial charge in [0.05, 0.1) is 5.69 Å². The van der Waals surface area contributed by atoms with Gasteiger partial charge in [-0.3, -0.25) is 0 Å². The Labute approximate surface area is 108 Å². The van der Waals surface area contributed by atoms with E-state index in [9.17, 15) is 0 Å². The minimum atomic E-state index is 0.327. The predicted octanol–water partition coefficient (Wildman–Crippen LogP) is 3.00. The van der Waals surface area contributed by atoms with E-state index >= 15 is 0 Å². The lowest BCUT2D eigenvalue weighted by Crippen LogP contribution is -2.46. The van der Waals surface area contributed by atoms with Crippen LogP contribution >= 0.6 is 0 Å². The van der Waals surface area contributed by atoms with Gasteiger partial charge in [-0.25, -0.2) is 0 Å². The SMILES string of the molecule is CN(CC1(CN)CCC1)c1coc2ccccc12. The summed E-state index contributed by atoms with van der Waals surface area (Å²) in [6.07, 6.45) is 5.68. The molecule has 0 saturated heterocycles. The number of anilines is 1. The topological polar surface area (TPSA) is 42.4 Å². The Kier molecular flexibility index (Phi) is 2.78. The van der Waals surface area contributed by atoms with Crippen LogP contribution in [-0.4, -0.2) is 20.1 Å². The van der Waals surface area contributed by atoms with Crippen molar-refractivity contribution in [3.63, 3.8) is 0 Å². The lowest BCUT2D eigenvalue weighted by molar-refractivity contribution is 0.154. The first-order valence-electron chi connectivity index (χ1n) is 6.62. The number of hydrogen-bond acceptors (Lipinski definition) is 3. The zero-order valence-corrected chi connectivity index (χ0v) is 10.9. The summed E-state index contributed by atoms with van der Waals surface area (Å²) in [5, 5.41) is 1.19. The van der Waals surface area contributed by atoms with Crippen molar-refractivity contribution in [3.05, 3.63) is 30.5 Å². The summed E-state index contributed by atoms with van der Waals surface area (Å²) in [5.41, 5.74) is 8.38. The molecule has 0 spiro atoms. The molecule has 18 heavy (non-hydrogen) atoms. The summed E-state index contributed by atoms with van der Waals surface area (Å²) >= 11 is 0. The number of nitrogens with two attached hydrogens (primary N) is 1. The van der Waals surface area contributed by atoms with E-state index in [1.54, 1.807) is 0 Å². The molecule has 0 unspecified atom stereocenters. The van der Waals surface area contributed by atoms with Crippen LogP contribution in [0.2, 0.25) is 0 Å². The molecule has 1 heterocycles. The predicted molar refractivity (Wildman–Crippen MR) is 74.8 cm³/mol. The molecule has 0 atom stereocenters. The number of nitrogens with zero attached hydrogens (tertiary/aromatic N) is 1. The minimum Gasteiger partial charge on any atom is -0.462 e. The van der Waals surface area contributed by atoms with Crippen LogP contribution in [0.25, 0.3) is 11.0 Å². The molecule has 1 aromatic heterocycles. The molecule has 0 radical (unpaired) electrons. The number of hydrogen-bond donors (Lipinski definition) is 1. The van der Waals surface area contributed by atoms with Crippen molar-refractivity contribution in [2.75, 3.05) is 25.0 Å². The second-order valence-corrected chi connectivity index (χ2v) is 5.53. The molecule has 96 valence electrons. The van der Waals surface area contributed by atoms with E-state index in [0.29, 0.717) is 5.41 Å². The Morgan fingerprint density at radius 1 is 1.33 bits per heavy atom. The smallest absolute Gasteiger partial charge is 0.136 e. The second kappa shape index (κ2) is 4.32. The van der Waals surface area contributed by atoms with Gasteiger partial charge in [0.1, 0.15) is 11.8 Å². The lowest BCUT2D eigenvalue weighted by atomic mass is 9.68. The highest BCUT2D eigenvalue weighted by Crippen LogP contribution is 2.41. The van der Waals surface area contributed by atoms with Crippen LogP contribution in [0.5, 0.6) is 0 Å². The van der Waals surface area contributed by atoms with E-state index in [1.165, 1.54) is 30.3 Å². The number of benzene rings is 1. The average Bonchev–Trinajstić information content (AvgIpc) is 2.77. The summed E-state index contributed by atoms with van der Waals surface area (Å²) in [7, 11) is 2.13. The molecule has 1 aliphatic rings. The van der Waals surface area contributed by atoms with Gasteiger partial charge in [0, 0.05) is 24.4 Å². The van der Waals surface area contributed by atoms with Crippen LogP contribution in [0.15, 0.2) is 34.9 Å². The summed E-state index contributed by atoms with van der Waals surface area (Å²) in [6.45, 7) is 1.81. The molecule has 0 bridgehead atoms. The van der Waals surface area contributed by atoms with Crippen LogP contribution in [0, 0.1) is 5.41 Å². The van der Waals surface area contributed by atoms with Crippen molar-refractivity contribution in [3.8, 4) is 0 Å². The Hall–Kier alpha value is -1.48. The molecule has 1 saturated carbocycles. The van der Waals surface area contributed by atoms with Crippen molar-refractivity contribution in [1.82, 2.24) is 0 Å². The Morgan fingerprint density at radius 2 is 2.11 bits per heavy atom. The van der Waals surface area contributed by atoms with Gasteiger partial charge in [0.25, 0.3) is 0 Å².